The fourth-order valence-electron chi connectivity index (χ4n) is 2.02. The third kappa shape index (κ3) is 11.8. The summed E-state index contributed by atoms with van der Waals surface area (Å²) in [6.45, 7) is 2.29. The summed E-state index contributed by atoms with van der Waals surface area (Å²) in [5.41, 5.74) is 4.99. The van der Waals surface area contributed by atoms with Crippen molar-refractivity contribution in [3.63, 3.8) is 0 Å². The Morgan fingerprint density at radius 2 is 1.62 bits per heavy atom. The van der Waals surface area contributed by atoms with Gasteiger partial charge < -0.3 is 24.3 Å². The number of carbonyl (C=O) groups is 4. The molecular weight excluding hydrogens is 442 g/mol. The summed E-state index contributed by atoms with van der Waals surface area (Å²) < 4.78 is 19.9. The Kier molecular flexibility index (Phi) is 13.0. The van der Waals surface area contributed by atoms with Crippen LogP contribution in [-0.2, 0) is 28.6 Å². The molecule has 2 amide bonds. The van der Waals surface area contributed by atoms with Gasteiger partial charge in [-0.05, 0) is 42.9 Å². The molecule has 176 valence electrons. The van der Waals surface area contributed by atoms with Crippen molar-refractivity contribution in [1.29, 1.82) is 0 Å². The van der Waals surface area contributed by atoms with Gasteiger partial charge in [0, 0.05) is 13.5 Å². The number of amides is 2. The van der Waals surface area contributed by atoms with Crippen molar-refractivity contribution in [2.45, 2.75) is 26.2 Å². The number of nitrogens with one attached hydrogen (secondary N) is 3. The number of esters is 2. The van der Waals surface area contributed by atoms with Gasteiger partial charge in [-0.1, -0.05) is 6.92 Å². The van der Waals surface area contributed by atoms with Crippen LogP contribution in [-0.4, -0.2) is 62.4 Å². The predicted octanol–water partition coefficient (Wildman–Crippen LogP) is 0.624. The number of hydrogen-bond donors (Lipinski definition) is 3. The van der Waals surface area contributed by atoms with Gasteiger partial charge in [-0.25, -0.2) is 4.79 Å². The van der Waals surface area contributed by atoms with Gasteiger partial charge in [0.2, 0.25) is 5.91 Å². The van der Waals surface area contributed by atoms with Gasteiger partial charge >= 0.3 is 11.9 Å². The van der Waals surface area contributed by atoms with Crippen molar-refractivity contribution in [3.8, 4) is 5.75 Å². The van der Waals surface area contributed by atoms with Crippen LogP contribution in [0.5, 0.6) is 5.75 Å². The van der Waals surface area contributed by atoms with E-state index in [4.69, 9.17) is 31.2 Å². The van der Waals surface area contributed by atoms with E-state index in [1.54, 1.807) is 0 Å². The average molecular weight is 470 g/mol. The smallest absolute Gasteiger partial charge is 0.338 e. The highest BCUT2D eigenvalue weighted by molar-refractivity contribution is 7.80. The van der Waals surface area contributed by atoms with Gasteiger partial charge in [-0.15, -0.1) is 0 Å². The minimum absolute atomic E-state index is 0.112. The van der Waals surface area contributed by atoms with Crippen LogP contribution in [0.4, 0.5) is 0 Å². The van der Waals surface area contributed by atoms with Crippen LogP contribution in [0.3, 0.4) is 0 Å². The topological polar surface area (TPSA) is 141 Å². The number of thiocarbonyl (C=S) groups is 1. The minimum Gasteiger partial charge on any atom is -0.484 e. The number of hydrazine groups is 1. The number of hydrogen-bond acceptors (Lipinski definition) is 9. The Morgan fingerprint density at radius 3 is 2.28 bits per heavy atom. The molecule has 0 saturated carbocycles. The fraction of sp³-hybridized carbons (Fsp3) is 0.450. The molecule has 0 heterocycles. The first kappa shape index (κ1) is 26.8. The molecule has 32 heavy (non-hydrogen) atoms. The Morgan fingerprint density at radius 1 is 0.906 bits per heavy atom. The molecule has 0 saturated heterocycles. The van der Waals surface area contributed by atoms with Crippen molar-refractivity contribution in [2.75, 3.05) is 33.5 Å². The van der Waals surface area contributed by atoms with E-state index in [9.17, 15) is 19.2 Å². The Hall–Kier alpha value is -3.25. The predicted molar refractivity (Wildman–Crippen MR) is 117 cm³/mol. The first-order chi connectivity index (χ1) is 15.3. The van der Waals surface area contributed by atoms with E-state index in [-0.39, 0.29) is 37.8 Å². The van der Waals surface area contributed by atoms with Crippen LogP contribution in [0.1, 0.15) is 36.5 Å². The normalized spacial score (nSPS) is 9.94. The molecule has 1 rings (SSSR count). The first-order valence-corrected chi connectivity index (χ1v) is 10.2. The molecule has 12 heteroatoms. The zero-order valence-electron chi connectivity index (χ0n) is 17.9. The lowest BCUT2D eigenvalue weighted by Gasteiger charge is -2.11. The molecule has 11 nitrogen and oxygen atoms in total. The summed E-state index contributed by atoms with van der Waals surface area (Å²) in [7, 11) is 1.48. The summed E-state index contributed by atoms with van der Waals surface area (Å²) >= 11 is 4.89. The molecule has 0 aliphatic rings. The molecule has 0 spiro atoms. The molecule has 3 N–H and O–H groups in total. The number of benzene rings is 1. The summed E-state index contributed by atoms with van der Waals surface area (Å²) in [6.07, 6.45) is 0.479. The van der Waals surface area contributed by atoms with E-state index in [1.165, 1.54) is 31.4 Å². The molecule has 1 aromatic carbocycles. The van der Waals surface area contributed by atoms with E-state index in [2.05, 4.69) is 16.2 Å². The van der Waals surface area contributed by atoms with Crippen LogP contribution < -0.4 is 20.9 Å². The molecule has 0 aromatic heterocycles. The summed E-state index contributed by atoms with van der Waals surface area (Å²) in [5, 5.41) is 2.17. The average Bonchev–Trinajstić information content (AvgIpc) is 2.79. The number of ether oxygens (including phenoxy) is 4. The van der Waals surface area contributed by atoms with E-state index in [0.29, 0.717) is 17.9 Å². The highest BCUT2D eigenvalue weighted by Gasteiger charge is 2.11. The molecule has 0 bridgehead atoms. The van der Waals surface area contributed by atoms with E-state index in [0.717, 1.165) is 6.42 Å². The molecule has 0 radical (unpaired) electrons. The second-order valence-electron chi connectivity index (χ2n) is 6.21. The van der Waals surface area contributed by atoms with Gasteiger partial charge in [0.25, 0.3) is 5.91 Å². The van der Waals surface area contributed by atoms with Crippen LogP contribution in [0.15, 0.2) is 24.3 Å². The van der Waals surface area contributed by atoms with Crippen LogP contribution in [0.2, 0.25) is 0 Å². The summed E-state index contributed by atoms with van der Waals surface area (Å²) in [6, 6.07) is 6.13. The molecule has 0 aliphatic heterocycles. The Labute approximate surface area is 191 Å². The zero-order valence-corrected chi connectivity index (χ0v) is 18.7. The Balaban J connectivity index is 2.24. The van der Waals surface area contributed by atoms with Gasteiger partial charge in [0.05, 0.1) is 25.2 Å². The highest BCUT2D eigenvalue weighted by Crippen LogP contribution is 2.13. The lowest BCUT2D eigenvalue weighted by atomic mass is 10.2. The summed E-state index contributed by atoms with van der Waals surface area (Å²) in [5.74, 6) is -1.67. The molecular formula is C20H27N3O8S. The van der Waals surface area contributed by atoms with Crippen LogP contribution >= 0.6 is 12.2 Å². The van der Waals surface area contributed by atoms with Crippen LogP contribution in [0.25, 0.3) is 0 Å². The van der Waals surface area contributed by atoms with Gasteiger partial charge in [-0.3, -0.25) is 25.2 Å². The zero-order chi connectivity index (χ0) is 23.8. The van der Waals surface area contributed by atoms with Crippen molar-refractivity contribution in [2.24, 2.45) is 0 Å². The van der Waals surface area contributed by atoms with Crippen molar-refractivity contribution in [1.82, 2.24) is 16.2 Å². The lowest BCUT2D eigenvalue weighted by molar-refractivity contribution is -0.146. The maximum Gasteiger partial charge on any atom is 0.338 e. The standard InChI is InChI=1S/C20H27N3O8S/c1-3-10-30-19(27)14-4-6-15(7-5-14)31-13-17(25)22-23-20(32)21-16(24)8-9-18(26)29-12-11-28-2/h4-7H,3,8-13H2,1-2H3,(H,22,25)(H2,21,23,24,32). The second-order valence-corrected chi connectivity index (χ2v) is 6.62. The highest BCUT2D eigenvalue weighted by atomic mass is 32.1. The monoisotopic (exact) mass is 469 g/mol. The van der Waals surface area contributed by atoms with E-state index in [1.807, 2.05) is 6.92 Å². The van der Waals surface area contributed by atoms with Crippen LogP contribution in [0, 0.1) is 0 Å². The van der Waals surface area contributed by atoms with E-state index < -0.39 is 23.8 Å². The first-order valence-electron chi connectivity index (χ1n) is 9.79. The fourth-order valence-corrected chi connectivity index (χ4v) is 2.19. The van der Waals surface area contributed by atoms with E-state index >= 15 is 0 Å². The maximum absolute atomic E-state index is 11.8. The van der Waals surface area contributed by atoms with Gasteiger partial charge in [0.1, 0.15) is 12.4 Å². The lowest BCUT2D eigenvalue weighted by Crippen LogP contribution is -2.49. The van der Waals surface area contributed by atoms with Gasteiger partial charge in [0.15, 0.2) is 11.7 Å². The number of methoxy groups -OCH3 is 1. The molecule has 0 unspecified atom stereocenters. The summed E-state index contributed by atoms with van der Waals surface area (Å²) in [4.78, 5) is 46.7. The largest absolute Gasteiger partial charge is 0.484 e. The second kappa shape index (κ2) is 15.5. The third-order valence-electron chi connectivity index (χ3n) is 3.57. The quantitative estimate of drug-likeness (QED) is 0.173. The van der Waals surface area contributed by atoms with Crippen molar-refractivity contribution < 1.29 is 38.1 Å². The SMILES string of the molecule is CCCOC(=O)c1ccc(OCC(=O)NNC(=S)NC(=O)CCC(=O)OCCOC)cc1. The third-order valence-corrected chi connectivity index (χ3v) is 3.78. The molecule has 0 fully saturated rings. The van der Waals surface area contributed by atoms with Crippen molar-refractivity contribution >= 4 is 41.1 Å². The minimum atomic E-state index is -0.560. The van der Waals surface area contributed by atoms with Gasteiger partial charge in [-0.2, -0.15) is 0 Å². The molecule has 0 aliphatic carbocycles. The number of carbonyl (C=O) groups excluding carboxylic acids is 4. The maximum atomic E-state index is 11.8. The molecule has 0 atom stereocenters. The van der Waals surface area contributed by atoms with Crippen molar-refractivity contribution in [3.05, 3.63) is 29.8 Å². The number of rotatable bonds is 12. The molecule has 1 aromatic rings. The Bertz CT molecular complexity index is 786.